The normalized spacial score (nSPS) is 11.4. The van der Waals surface area contributed by atoms with Gasteiger partial charge in [-0.05, 0) is 25.3 Å². The molecular weight excluding hydrogens is 258 g/mol. The number of carbonyl (C=O) groups is 2. The van der Waals surface area contributed by atoms with Crippen molar-refractivity contribution in [1.29, 1.82) is 0 Å². The molecule has 6 nitrogen and oxygen atoms in total. The number of aromatic amines is 1. The molecule has 0 aromatic carbocycles. The molecule has 7 heteroatoms. The number of carbonyl (C=O) groups excluding carboxylic acids is 2. The van der Waals surface area contributed by atoms with Crippen LogP contribution in [0.2, 0.25) is 0 Å². The number of H-pyrrole nitrogens is 1. The lowest BCUT2D eigenvalue weighted by Gasteiger charge is -2.01. The molecule has 1 aromatic rings. The Morgan fingerprint density at radius 3 is 2.44 bits per heavy atom. The van der Waals surface area contributed by atoms with Gasteiger partial charge in [-0.25, -0.2) is 0 Å². The summed E-state index contributed by atoms with van der Waals surface area (Å²) in [7, 11) is -3.44. The van der Waals surface area contributed by atoms with Crippen LogP contribution in [0, 0.1) is 6.92 Å². The van der Waals surface area contributed by atoms with E-state index in [0.29, 0.717) is 47.9 Å². The van der Waals surface area contributed by atoms with E-state index in [1.165, 1.54) is 0 Å². The molecular formula is C11H15NO5S. The predicted molar refractivity (Wildman–Crippen MR) is 65.4 cm³/mol. The van der Waals surface area contributed by atoms with Gasteiger partial charge in [0, 0.05) is 11.3 Å². The van der Waals surface area contributed by atoms with Crippen molar-refractivity contribution in [1.82, 2.24) is 4.98 Å². The molecule has 100 valence electrons. The van der Waals surface area contributed by atoms with Crippen LogP contribution < -0.4 is 0 Å². The van der Waals surface area contributed by atoms with Gasteiger partial charge >= 0.3 is 0 Å². The molecule has 0 aliphatic heterocycles. The van der Waals surface area contributed by atoms with Gasteiger partial charge in [0.25, 0.3) is 10.1 Å². The molecule has 0 fully saturated rings. The Labute approximate surface area is 105 Å². The van der Waals surface area contributed by atoms with Crippen molar-refractivity contribution in [2.24, 2.45) is 0 Å². The SMILES string of the molecule is Cc1c(C=O)[nH]c(CCCOS(C)(=O)=O)c1C=O. The highest BCUT2D eigenvalue weighted by atomic mass is 32.2. The lowest BCUT2D eigenvalue weighted by Crippen LogP contribution is -2.05. The summed E-state index contributed by atoms with van der Waals surface area (Å²) in [5.74, 6) is 0. The number of aryl methyl sites for hydroxylation is 1. The third-order valence-electron chi connectivity index (χ3n) is 2.52. The van der Waals surface area contributed by atoms with Gasteiger partial charge in [0.05, 0.1) is 18.6 Å². The molecule has 18 heavy (non-hydrogen) atoms. The van der Waals surface area contributed by atoms with Gasteiger partial charge in [-0.3, -0.25) is 13.8 Å². The highest BCUT2D eigenvalue weighted by Gasteiger charge is 2.13. The lowest BCUT2D eigenvalue weighted by molar-refractivity contribution is 0.111. The average molecular weight is 273 g/mol. The summed E-state index contributed by atoms with van der Waals surface area (Å²) in [4.78, 5) is 24.5. The summed E-state index contributed by atoms with van der Waals surface area (Å²) in [5, 5.41) is 0. The lowest BCUT2D eigenvalue weighted by atomic mass is 10.1. The number of hydrogen-bond acceptors (Lipinski definition) is 5. The van der Waals surface area contributed by atoms with E-state index >= 15 is 0 Å². The third kappa shape index (κ3) is 3.78. The van der Waals surface area contributed by atoms with E-state index in [-0.39, 0.29) is 6.61 Å². The fourth-order valence-electron chi connectivity index (χ4n) is 1.63. The monoisotopic (exact) mass is 273 g/mol. The Bertz CT molecular complexity index is 544. The Hall–Kier alpha value is -1.47. The number of nitrogens with one attached hydrogen (secondary N) is 1. The van der Waals surface area contributed by atoms with E-state index in [9.17, 15) is 18.0 Å². The highest BCUT2D eigenvalue weighted by molar-refractivity contribution is 7.85. The number of rotatable bonds is 7. The first-order valence-corrected chi connectivity index (χ1v) is 7.17. The van der Waals surface area contributed by atoms with Crippen LogP contribution in [0.4, 0.5) is 0 Å². The van der Waals surface area contributed by atoms with Crippen molar-refractivity contribution in [3.63, 3.8) is 0 Å². The fraction of sp³-hybridized carbons (Fsp3) is 0.455. The van der Waals surface area contributed by atoms with Crippen LogP contribution in [0.5, 0.6) is 0 Å². The van der Waals surface area contributed by atoms with Crippen molar-refractivity contribution in [2.45, 2.75) is 19.8 Å². The second-order valence-corrected chi connectivity index (χ2v) is 5.57. The number of aromatic nitrogens is 1. The maximum atomic E-state index is 10.9. The van der Waals surface area contributed by atoms with Crippen LogP contribution in [0.3, 0.4) is 0 Å². The van der Waals surface area contributed by atoms with Crippen LogP contribution in [-0.4, -0.2) is 38.8 Å². The Kier molecular flexibility index (Phi) is 4.80. The molecule has 0 unspecified atom stereocenters. The van der Waals surface area contributed by atoms with Gasteiger partial charge in [-0.15, -0.1) is 0 Å². The van der Waals surface area contributed by atoms with Gasteiger partial charge < -0.3 is 4.98 Å². The van der Waals surface area contributed by atoms with Gasteiger partial charge in [-0.1, -0.05) is 0 Å². The summed E-state index contributed by atoms with van der Waals surface area (Å²) in [6.45, 7) is 1.73. The first-order valence-electron chi connectivity index (χ1n) is 5.35. The van der Waals surface area contributed by atoms with Gasteiger partial charge in [0.15, 0.2) is 12.6 Å². The van der Waals surface area contributed by atoms with Crippen LogP contribution in [0.15, 0.2) is 0 Å². The summed E-state index contributed by atoms with van der Waals surface area (Å²) in [6, 6.07) is 0. The first-order chi connectivity index (χ1) is 8.39. The first kappa shape index (κ1) is 14.6. The predicted octanol–water partition coefficient (Wildman–Crippen LogP) is 0.857. The molecule has 0 amide bonds. The molecule has 0 radical (unpaired) electrons. The minimum Gasteiger partial charge on any atom is -0.355 e. The molecule has 1 aromatic heterocycles. The maximum Gasteiger partial charge on any atom is 0.264 e. The van der Waals surface area contributed by atoms with E-state index in [1.807, 2.05) is 0 Å². The Balaban J connectivity index is 2.68. The topological polar surface area (TPSA) is 93.3 Å². The molecule has 1 heterocycles. The maximum absolute atomic E-state index is 10.9. The Morgan fingerprint density at radius 1 is 1.28 bits per heavy atom. The van der Waals surface area contributed by atoms with Gasteiger partial charge in [-0.2, -0.15) is 8.42 Å². The molecule has 0 spiro atoms. The molecule has 0 saturated heterocycles. The Morgan fingerprint density at radius 2 is 1.94 bits per heavy atom. The smallest absolute Gasteiger partial charge is 0.264 e. The summed E-state index contributed by atoms with van der Waals surface area (Å²) < 4.78 is 26.1. The summed E-state index contributed by atoms with van der Waals surface area (Å²) in [6.07, 6.45) is 3.20. The van der Waals surface area contributed by atoms with Crippen molar-refractivity contribution in [3.05, 3.63) is 22.5 Å². The van der Waals surface area contributed by atoms with Crippen molar-refractivity contribution in [3.8, 4) is 0 Å². The zero-order valence-corrected chi connectivity index (χ0v) is 11.0. The molecule has 0 bridgehead atoms. The standard InChI is InChI=1S/C11H15NO5S/c1-8-9(6-13)10(12-11(8)7-14)4-3-5-17-18(2,15)16/h6-7,12H,3-5H2,1-2H3. The third-order valence-corrected chi connectivity index (χ3v) is 3.12. The average Bonchev–Trinajstić information content (AvgIpc) is 2.59. The zero-order chi connectivity index (χ0) is 13.8. The van der Waals surface area contributed by atoms with E-state index in [4.69, 9.17) is 0 Å². The number of aldehydes is 2. The molecule has 1 N–H and O–H groups in total. The molecule has 1 rings (SSSR count). The summed E-state index contributed by atoms with van der Waals surface area (Å²) in [5.41, 5.74) is 2.06. The largest absolute Gasteiger partial charge is 0.355 e. The van der Waals surface area contributed by atoms with Crippen molar-refractivity contribution in [2.75, 3.05) is 12.9 Å². The van der Waals surface area contributed by atoms with E-state index in [2.05, 4.69) is 9.17 Å². The van der Waals surface area contributed by atoms with Crippen molar-refractivity contribution >= 4 is 22.7 Å². The second kappa shape index (κ2) is 5.92. The van der Waals surface area contributed by atoms with E-state index < -0.39 is 10.1 Å². The van der Waals surface area contributed by atoms with E-state index in [1.54, 1.807) is 6.92 Å². The van der Waals surface area contributed by atoms with Gasteiger partial charge in [0.2, 0.25) is 0 Å². The van der Waals surface area contributed by atoms with E-state index in [0.717, 1.165) is 6.26 Å². The summed E-state index contributed by atoms with van der Waals surface area (Å²) >= 11 is 0. The molecule has 0 atom stereocenters. The minimum absolute atomic E-state index is 0.0472. The molecule has 0 saturated carbocycles. The number of hydrogen-bond donors (Lipinski definition) is 1. The fourth-order valence-corrected chi connectivity index (χ4v) is 2.05. The van der Waals surface area contributed by atoms with Crippen molar-refractivity contribution < 1.29 is 22.2 Å². The van der Waals surface area contributed by atoms with Crippen LogP contribution >= 0.6 is 0 Å². The van der Waals surface area contributed by atoms with Crippen LogP contribution in [-0.2, 0) is 20.7 Å². The minimum atomic E-state index is -3.44. The zero-order valence-electron chi connectivity index (χ0n) is 10.2. The highest BCUT2D eigenvalue weighted by Crippen LogP contribution is 2.16. The van der Waals surface area contributed by atoms with Crippen LogP contribution in [0.25, 0.3) is 0 Å². The quantitative estimate of drug-likeness (QED) is 0.452. The van der Waals surface area contributed by atoms with Crippen LogP contribution in [0.1, 0.15) is 38.5 Å². The second-order valence-electron chi connectivity index (χ2n) is 3.92. The van der Waals surface area contributed by atoms with Gasteiger partial charge in [0.1, 0.15) is 0 Å². The molecule has 0 aliphatic rings. The molecule has 0 aliphatic carbocycles.